The zero-order chi connectivity index (χ0) is 17.6. The fraction of sp³-hybridized carbons (Fsp3) is 0.353. The molecule has 0 bridgehead atoms. The van der Waals surface area contributed by atoms with E-state index in [1.165, 1.54) is 24.3 Å². The molecule has 24 heavy (non-hydrogen) atoms. The smallest absolute Gasteiger partial charge is 0.478 e. The van der Waals surface area contributed by atoms with E-state index >= 15 is 0 Å². The van der Waals surface area contributed by atoms with Gasteiger partial charge in [-0.05, 0) is 62.1 Å². The summed E-state index contributed by atoms with van der Waals surface area (Å²) >= 11 is 0. The molecule has 1 aromatic heterocycles. The van der Waals surface area contributed by atoms with Crippen LogP contribution in [0.1, 0.15) is 40.5 Å². The van der Waals surface area contributed by atoms with Gasteiger partial charge in [-0.1, -0.05) is 0 Å². The van der Waals surface area contributed by atoms with Gasteiger partial charge < -0.3 is 14.4 Å². The van der Waals surface area contributed by atoms with Crippen molar-refractivity contribution < 1.29 is 27.8 Å². The minimum Gasteiger partial charge on any atom is -0.478 e. The van der Waals surface area contributed by atoms with E-state index in [0.29, 0.717) is 16.8 Å². The molecule has 1 fully saturated rings. The van der Waals surface area contributed by atoms with Gasteiger partial charge in [0, 0.05) is 11.7 Å². The molecule has 1 aromatic carbocycles. The normalized spacial score (nSPS) is 14.7. The van der Waals surface area contributed by atoms with E-state index in [2.05, 4.69) is 4.74 Å². The van der Waals surface area contributed by atoms with Crippen molar-refractivity contribution in [1.82, 2.24) is 4.57 Å². The molecule has 1 saturated carbocycles. The van der Waals surface area contributed by atoms with E-state index in [1.54, 1.807) is 13.8 Å². The number of carboxylic acids is 1. The van der Waals surface area contributed by atoms with E-state index in [-0.39, 0.29) is 17.4 Å². The molecule has 1 aliphatic carbocycles. The van der Waals surface area contributed by atoms with Crippen LogP contribution in [0.25, 0.3) is 11.3 Å². The second kappa shape index (κ2) is 5.58. The van der Waals surface area contributed by atoms with Gasteiger partial charge >= 0.3 is 12.3 Å². The van der Waals surface area contributed by atoms with Gasteiger partial charge in [0.2, 0.25) is 0 Å². The summed E-state index contributed by atoms with van der Waals surface area (Å²) in [5.41, 5.74) is 2.97. The average molecular weight is 339 g/mol. The summed E-state index contributed by atoms with van der Waals surface area (Å²) in [4.78, 5) is 11.5. The third kappa shape index (κ3) is 2.98. The van der Waals surface area contributed by atoms with Crippen molar-refractivity contribution in [3.05, 3.63) is 41.1 Å². The van der Waals surface area contributed by atoms with Crippen LogP contribution in [0.4, 0.5) is 13.2 Å². The Labute approximate surface area is 136 Å². The van der Waals surface area contributed by atoms with Crippen LogP contribution in [0, 0.1) is 13.8 Å². The van der Waals surface area contributed by atoms with Crippen molar-refractivity contribution in [1.29, 1.82) is 0 Å². The molecular weight excluding hydrogens is 323 g/mol. The van der Waals surface area contributed by atoms with E-state index in [9.17, 15) is 23.1 Å². The second-order valence-electron chi connectivity index (χ2n) is 5.91. The Morgan fingerprint density at radius 1 is 1.21 bits per heavy atom. The maximum Gasteiger partial charge on any atom is 0.573 e. The number of aromatic nitrogens is 1. The largest absolute Gasteiger partial charge is 0.573 e. The number of aromatic carboxylic acids is 1. The van der Waals surface area contributed by atoms with Crippen LogP contribution in [-0.4, -0.2) is 22.0 Å². The maximum absolute atomic E-state index is 12.3. The number of halogens is 3. The summed E-state index contributed by atoms with van der Waals surface area (Å²) in [7, 11) is 0. The Morgan fingerprint density at radius 3 is 2.25 bits per heavy atom. The molecule has 3 rings (SSSR count). The molecule has 1 aliphatic rings. The van der Waals surface area contributed by atoms with Crippen LogP contribution in [0.5, 0.6) is 5.75 Å². The molecule has 0 radical (unpaired) electrons. The molecule has 7 heteroatoms. The number of rotatable bonds is 4. The average Bonchev–Trinajstić information content (AvgIpc) is 3.24. The second-order valence-corrected chi connectivity index (χ2v) is 5.91. The highest BCUT2D eigenvalue weighted by Gasteiger charge is 2.33. The summed E-state index contributed by atoms with van der Waals surface area (Å²) in [6, 6.07) is 5.77. The zero-order valence-corrected chi connectivity index (χ0v) is 13.1. The van der Waals surface area contributed by atoms with Crippen molar-refractivity contribution in [3.63, 3.8) is 0 Å². The first-order valence-electron chi connectivity index (χ1n) is 7.50. The number of alkyl halides is 3. The summed E-state index contributed by atoms with van der Waals surface area (Å²) in [5.74, 6) is -1.30. The van der Waals surface area contributed by atoms with Gasteiger partial charge in [0.1, 0.15) is 5.75 Å². The molecule has 0 amide bonds. The van der Waals surface area contributed by atoms with Crippen molar-refractivity contribution in [3.8, 4) is 17.0 Å². The predicted octanol–water partition coefficient (Wildman–Crippen LogP) is 4.70. The topological polar surface area (TPSA) is 51.5 Å². The summed E-state index contributed by atoms with van der Waals surface area (Å²) in [6.07, 6.45) is -2.80. The third-order valence-electron chi connectivity index (χ3n) is 4.18. The molecule has 1 N–H and O–H groups in total. The van der Waals surface area contributed by atoms with Crippen molar-refractivity contribution in [2.45, 2.75) is 39.1 Å². The highest BCUT2D eigenvalue weighted by atomic mass is 19.4. The minimum absolute atomic E-state index is 0.248. The summed E-state index contributed by atoms with van der Waals surface area (Å²) in [5, 5.41) is 9.45. The predicted molar refractivity (Wildman–Crippen MR) is 81.3 cm³/mol. The first kappa shape index (κ1) is 16.4. The zero-order valence-electron chi connectivity index (χ0n) is 13.1. The van der Waals surface area contributed by atoms with Crippen LogP contribution in [0.3, 0.4) is 0 Å². The first-order chi connectivity index (χ1) is 11.2. The maximum atomic E-state index is 12.3. The third-order valence-corrected chi connectivity index (χ3v) is 4.18. The first-order valence-corrected chi connectivity index (χ1v) is 7.50. The van der Waals surface area contributed by atoms with Crippen LogP contribution in [0.2, 0.25) is 0 Å². The quantitative estimate of drug-likeness (QED) is 0.878. The fourth-order valence-electron chi connectivity index (χ4n) is 3.13. The van der Waals surface area contributed by atoms with E-state index in [1.807, 2.05) is 4.57 Å². The lowest BCUT2D eigenvalue weighted by Gasteiger charge is -2.13. The van der Waals surface area contributed by atoms with Gasteiger partial charge in [0.25, 0.3) is 0 Å². The molecular formula is C17H16F3NO3. The lowest BCUT2D eigenvalue weighted by atomic mass is 10.1. The van der Waals surface area contributed by atoms with Gasteiger partial charge in [-0.25, -0.2) is 4.79 Å². The Hall–Kier alpha value is -2.44. The molecule has 0 spiro atoms. The highest BCUT2D eigenvalue weighted by molar-refractivity contribution is 5.94. The van der Waals surface area contributed by atoms with Crippen molar-refractivity contribution >= 4 is 5.97 Å². The minimum atomic E-state index is -4.74. The molecule has 0 unspecified atom stereocenters. The number of benzene rings is 1. The Kier molecular flexibility index (Phi) is 3.81. The molecule has 0 saturated heterocycles. The van der Waals surface area contributed by atoms with E-state index in [0.717, 1.165) is 18.5 Å². The Bertz CT molecular complexity index is 787. The number of ether oxygens (including phenoxy) is 1. The van der Waals surface area contributed by atoms with Gasteiger partial charge in [0.15, 0.2) is 0 Å². The fourth-order valence-corrected chi connectivity index (χ4v) is 3.13. The van der Waals surface area contributed by atoms with Crippen LogP contribution in [0.15, 0.2) is 24.3 Å². The van der Waals surface area contributed by atoms with Crippen LogP contribution in [-0.2, 0) is 0 Å². The van der Waals surface area contributed by atoms with Crippen molar-refractivity contribution in [2.24, 2.45) is 0 Å². The van der Waals surface area contributed by atoms with E-state index < -0.39 is 12.3 Å². The molecule has 0 atom stereocenters. The molecule has 2 aromatic rings. The number of hydrogen-bond donors (Lipinski definition) is 1. The molecule has 0 aliphatic heterocycles. The van der Waals surface area contributed by atoms with Gasteiger partial charge in [-0.3, -0.25) is 0 Å². The number of nitrogens with zero attached hydrogens (tertiary/aromatic N) is 1. The standard InChI is InChI=1S/C17H16F3NO3/c1-9-14(16(22)23)10(2)21(12-5-6-12)15(9)11-3-7-13(8-4-11)24-17(18,19)20/h3-4,7-8,12H,5-6H2,1-2H3,(H,22,23). The van der Waals surface area contributed by atoms with E-state index in [4.69, 9.17) is 0 Å². The number of carboxylic acid groups (broad SMARTS) is 1. The summed E-state index contributed by atoms with van der Waals surface area (Å²) < 4.78 is 42.6. The monoisotopic (exact) mass is 339 g/mol. The van der Waals surface area contributed by atoms with Gasteiger partial charge in [0.05, 0.1) is 11.3 Å². The van der Waals surface area contributed by atoms with Crippen molar-refractivity contribution in [2.75, 3.05) is 0 Å². The number of carbonyl (C=O) groups is 1. The van der Waals surface area contributed by atoms with Crippen LogP contribution < -0.4 is 4.74 Å². The lowest BCUT2D eigenvalue weighted by molar-refractivity contribution is -0.274. The van der Waals surface area contributed by atoms with Gasteiger partial charge in [-0.15, -0.1) is 13.2 Å². The number of hydrogen-bond acceptors (Lipinski definition) is 2. The lowest BCUT2D eigenvalue weighted by Crippen LogP contribution is -2.16. The van der Waals surface area contributed by atoms with Gasteiger partial charge in [-0.2, -0.15) is 0 Å². The SMILES string of the molecule is Cc1c(C(=O)O)c(C)n(C2CC2)c1-c1ccc(OC(F)(F)F)cc1. The molecule has 128 valence electrons. The summed E-state index contributed by atoms with van der Waals surface area (Å²) in [6.45, 7) is 3.49. The highest BCUT2D eigenvalue weighted by Crippen LogP contribution is 2.43. The van der Waals surface area contributed by atoms with Crippen LogP contribution >= 0.6 is 0 Å². The molecule has 1 heterocycles. The Morgan fingerprint density at radius 2 is 1.79 bits per heavy atom. The molecule has 4 nitrogen and oxygen atoms in total. The Balaban J connectivity index is 2.06.